The summed E-state index contributed by atoms with van der Waals surface area (Å²) in [5.41, 5.74) is 1.73. The van der Waals surface area contributed by atoms with Gasteiger partial charge in [0.1, 0.15) is 10.6 Å². The fourth-order valence-electron chi connectivity index (χ4n) is 2.59. The molecular weight excluding hydrogens is 410 g/mol. The minimum atomic E-state index is -4.04. The van der Waals surface area contributed by atoms with Crippen LogP contribution < -0.4 is 20.1 Å². The van der Waals surface area contributed by atoms with E-state index in [1.165, 1.54) is 24.3 Å². The molecule has 0 saturated heterocycles. The maximum absolute atomic E-state index is 12.6. The second-order valence-electron chi connectivity index (χ2n) is 6.54. The molecule has 0 spiro atoms. The number of aromatic nitrogens is 2. The Balaban J connectivity index is 1.73. The number of aliphatic hydroxyl groups is 1. The number of benzene rings is 2. The highest BCUT2D eigenvalue weighted by molar-refractivity contribution is 7.87. The zero-order valence-corrected chi connectivity index (χ0v) is 17.3. The van der Waals surface area contributed by atoms with Gasteiger partial charge in [-0.15, -0.1) is 0 Å². The van der Waals surface area contributed by atoms with Gasteiger partial charge in [-0.2, -0.15) is 8.42 Å². The molecule has 0 aliphatic rings. The molecule has 1 atom stereocenters. The number of imidazole rings is 1. The van der Waals surface area contributed by atoms with Crippen LogP contribution in [0.5, 0.6) is 5.75 Å². The Hall–Kier alpha value is -3.31. The number of anilines is 2. The first-order valence-corrected chi connectivity index (χ1v) is 10.7. The predicted octanol–water partition coefficient (Wildman–Crippen LogP) is 2.26. The summed E-state index contributed by atoms with van der Waals surface area (Å²) in [5.74, 6) is 0.336. The molecule has 0 radical (unpaired) electrons. The first-order chi connectivity index (χ1) is 14.3. The zero-order chi connectivity index (χ0) is 21.7. The number of H-pyrrole nitrogens is 1. The van der Waals surface area contributed by atoms with Gasteiger partial charge in [0, 0.05) is 24.8 Å². The van der Waals surface area contributed by atoms with Crippen molar-refractivity contribution in [2.45, 2.75) is 24.8 Å². The predicted molar refractivity (Wildman–Crippen MR) is 113 cm³/mol. The minimum Gasteiger partial charge on any atom is -0.392 e. The van der Waals surface area contributed by atoms with Crippen LogP contribution in [0.1, 0.15) is 13.8 Å². The molecule has 0 aliphatic heterocycles. The molecule has 5 N–H and O–H groups in total. The fraction of sp³-hybridized carbons (Fsp3) is 0.263. The van der Waals surface area contributed by atoms with E-state index in [1.54, 1.807) is 32.0 Å². The molecule has 0 aliphatic carbocycles. The number of aliphatic hydroxyl groups excluding tert-OH is 1. The molecule has 10 nitrogen and oxygen atoms in total. The topological polar surface area (TPSA) is 145 Å². The molecule has 11 heteroatoms. The van der Waals surface area contributed by atoms with E-state index in [9.17, 15) is 18.3 Å². The Morgan fingerprint density at radius 3 is 2.63 bits per heavy atom. The monoisotopic (exact) mass is 433 g/mol. The third-order valence-corrected chi connectivity index (χ3v) is 5.23. The first kappa shape index (κ1) is 21.4. The fourth-order valence-corrected chi connectivity index (χ4v) is 3.51. The van der Waals surface area contributed by atoms with Crippen molar-refractivity contribution in [1.82, 2.24) is 15.3 Å². The second kappa shape index (κ2) is 9.01. The van der Waals surface area contributed by atoms with Crippen LogP contribution in [0, 0.1) is 0 Å². The van der Waals surface area contributed by atoms with Crippen LogP contribution in [-0.2, 0) is 10.1 Å². The number of carbonyl (C=O) groups excluding carboxylic acids is 1. The van der Waals surface area contributed by atoms with Gasteiger partial charge in [0.25, 0.3) is 0 Å². The highest BCUT2D eigenvalue weighted by Gasteiger charge is 2.17. The van der Waals surface area contributed by atoms with Crippen LogP contribution in [-0.4, -0.2) is 48.7 Å². The first-order valence-electron chi connectivity index (χ1n) is 9.28. The number of aromatic amines is 1. The quantitative estimate of drug-likeness (QED) is 0.343. The number of hydrogen-bond acceptors (Lipinski definition) is 7. The van der Waals surface area contributed by atoms with Gasteiger partial charge in [-0.05, 0) is 50.2 Å². The van der Waals surface area contributed by atoms with E-state index in [0.717, 1.165) is 0 Å². The van der Waals surface area contributed by atoms with Crippen molar-refractivity contribution in [3.63, 3.8) is 0 Å². The van der Waals surface area contributed by atoms with Crippen molar-refractivity contribution in [1.29, 1.82) is 0 Å². The third-order valence-electron chi connectivity index (χ3n) is 3.97. The van der Waals surface area contributed by atoms with Gasteiger partial charge in [-0.3, -0.25) is 5.32 Å². The van der Waals surface area contributed by atoms with Gasteiger partial charge in [-0.25, -0.2) is 9.78 Å². The third kappa shape index (κ3) is 5.39. The molecule has 0 saturated carbocycles. The van der Waals surface area contributed by atoms with E-state index in [-0.39, 0.29) is 16.6 Å². The molecular formula is C19H23N5O5S. The number of carbonyl (C=O) groups is 1. The lowest BCUT2D eigenvalue weighted by Gasteiger charge is -2.10. The SMILES string of the molecule is CCNC(=O)Nc1nc2ccc(OS(=O)(=O)c3ccc(NCC(C)O)cc3)cc2[nH]1. The van der Waals surface area contributed by atoms with Gasteiger partial charge in [0.05, 0.1) is 17.1 Å². The molecule has 3 rings (SSSR count). The normalized spacial score (nSPS) is 12.4. The van der Waals surface area contributed by atoms with Crippen LogP contribution in [0.3, 0.4) is 0 Å². The van der Waals surface area contributed by atoms with Crippen molar-refractivity contribution in [2.75, 3.05) is 23.7 Å². The molecule has 2 amide bonds. The molecule has 3 aromatic rings. The van der Waals surface area contributed by atoms with Gasteiger partial charge < -0.3 is 24.9 Å². The zero-order valence-electron chi connectivity index (χ0n) is 16.5. The Labute approximate surface area is 173 Å². The number of nitrogens with one attached hydrogen (secondary N) is 4. The molecule has 1 heterocycles. The van der Waals surface area contributed by atoms with Gasteiger partial charge >= 0.3 is 16.1 Å². The average molecular weight is 433 g/mol. The van der Waals surface area contributed by atoms with Crippen molar-refractivity contribution < 1.29 is 22.5 Å². The average Bonchev–Trinajstić information content (AvgIpc) is 3.08. The highest BCUT2D eigenvalue weighted by atomic mass is 32.2. The van der Waals surface area contributed by atoms with Gasteiger partial charge in [-0.1, -0.05) is 0 Å². The van der Waals surface area contributed by atoms with E-state index < -0.39 is 22.3 Å². The van der Waals surface area contributed by atoms with Crippen molar-refractivity contribution in [3.05, 3.63) is 42.5 Å². The number of hydrogen-bond donors (Lipinski definition) is 5. The molecule has 1 aromatic heterocycles. The summed E-state index contributed by atoms with van der Waals surface area (Å²) in [6.07, 6.45) is -0.522. The lowest BCUT2D eigenvalue weighted by molar-refractivity contribution is 0.208. The Morgan fingerprint density at radius 1 is 1.23 bits per heavy atom. The maximum Gasteiger partial charge on any atom is 0.339 e. The lowest BCUT2D eigenvalue weighted by Crippen LogP contribution is -2.28. The summed E-state index contributed by atoms with van der Waals surface area (Å²) in [5, 5.41) is 17.4. The standard InChI is InChI=1S/C19H23N5O5S/c1-3-20-19(26)24-18-22-16-9-6-14(10-17(16)23-18)29-30(27,28)15-7-4-13(5-8-15)21-11-12(2)25/h4-10,12,21,25H,3,11H2,1-2H3,(H3,20,22,23,24,26). The van der Waals surface area contributed by atoms with E-state index >= 15 is 0 Å². The van der Waals surface area contributed by atoms with Crippen LogP contribution >= 0.6 is 0 Å². The van der Waals surface area contributed by atoms with Crippen molar-refractivity contribution >= 4 is 38.8 Å². The maximum atomic E-state index is 12.6. The lowest BCUT2D eigenvalue weighted by atomic mass is 10.3. The van der Waals surface area contributed by atoms with Crippen LogP contribution in [0.2, 0.25) is 0 Å². The van der Waals surface area contributed by atoms with E-state index in [4.69, 9.17) is 4.18 Å². The van der Waals surface area contributed by atoms with Crippen LogP contribution in [0.4, 0.5) is 16.4 Å². The number of rotatable bonds is 8. The summed E-state index contributed by atoms with van der Waals surface area (Å²) in [6, 6.07) is 10.2. The van der Waals surface area contributed by atoms with Crippen molar-refractivity contribution in [2.24, 2.45) is 0 Å². The van der Waals surface area contributed by atoms with E-state index in [1.807, 2.05) is 0 Å². The Kier molecular flexibility index (Phi) is 6.43. The number of fused-ring (bicyclic) bond motifs is 1. The summed E-state index contributed by atoms with van der Waals surface area (Å²) in [7, 11) is -4.04. The Morgan fingerprint density at radius 2 is 1.97 bits per heavy atom. The summed E-state index contributed by atoms with van der Waals surface area (Å²) in [4.78, 5) is 18.7. The highest BCUT2D eigenvalue weighted by Crippen LogP contribution is 2.24. The number of amides is 2. The molecule has 30 heavy (non-hydrogen) atoms. The summed E-state index contributed by atoms with van der Waals surface area (Å²) in [6.45, 7) is 4.26. The molecule has 0 fully saturated rings. The largest absolute Gasteiger partial charge is 0.392 e. The smallest absolute Gasteiger partial charge is 0.339 e. The van der Waals surface area contributed by atoms with Crippen LogP contribution in [0.15, 0.2) is 47.4 Å². The molecule has 2 aromatic carbocycles. The van der Waals surface area contributed by atoms with E-state index in [0.29, 0.717) is 29.8 Å². The minimum absolute atomic E-state index is 0.00611. The number of nitrogens with zero attached hydrogens (tertiary/aromatic N) is 1. The van der Waals surface area contributed by atoms with Crippen LogP contribution in [0.25, 0.3) is 11.0 Å². The summed E-state index contributed by atoms with van der Waals surface area (Å²) < 4.78 is 30.4. The molecule has 160 valence electrons. The second-order valence-corrected chi connectivity index (χ2v) is 8.09. The summed E-state index contributed by atoms with van der Waals surface area (Å²) >= 11 is 0. The molecule has 0 bridgehead atoms. The number of urea groups is 1. The van der Waals surface area contributed by atoms with Gasteiger partial charge in [0.15, 0.2) is 0 Å². The molecule has 1 unspecified atom stereocenters. The van der Waals surface area contributed by atoms with E-state index in [2.05, 4.69) is 25.9 Å². The van der Waals surface area contributed by atoms with Gasteiger partial charge in [0.2, 0.25) is 5.95 Å². The van der Waals surface area contributed by atoms with Crippen molar-refractivity contribution in [3.8, 4) is 5.75 Å². The Bertz CT molecular complexity index is 1130.